The van der Waals surface area contributed by atoms with Crippen LogP contribution in [0, 0.1) is 31.1 Å². The van der Waals surface area contributed by atoms with Crippen molar-refractivity contribution >= 4 is 23.2 Å². The van der Waals surface area contributed by atoms with Gasteiger partial charge in [-0.3, -0.25) is 9.59 Å². The highest BCUT2D eigenvalue weighted by Crippen LogP contribution is 2.28. The molecule has 27 heavy (non-hydrogen) atoms. The van der Waals surface area contributed by atoms with Gasteiger partial charge in [-0.25, -0.2) is 0 Å². The number of ether oxygens (including phenoxy) is 1. The summed E-state index contributed by atoms with van der Waals surface area (Å²) in [6.45, 7) is 4.48. The first-order valence-electron chi connectivity index (χ1n) is 8.79. The lowest BCUT2D eigenvalue weighted by molar-refractivity contribution is -0.129. The van der Waals surface area contributed by atoms with Crippen molar-refractivity contribution in [1.29, 1.82) is 5.26 Å². The van der Waals surface area contributed by atoms with Gasteiger partial charge in [-0.1, -0.05) is 12.1 Å². The first kappa shape index (κ1) is 18.5. The standard InChI is InChI=1S/C21H21N3O3/c1-14-6-7-17(12-15(14)2)24-10-8-19(21(24)26)20(25)23-16-4-3-5-18(13-16)27-11-9-22/h3-7,12-13,19H,8,10-11H2,1-2H3,(H,23,25). The molecule has 0 spiro atoms. The number of nitrogens with one attached hydrogen (secondary N) is 1. The topological polar surface area (TPSA) is 82.4 Å². The van der Waals surface area contributed by atoms with Crippen molar-refractivity contribution in [3.63, 3.8) is 0 Å². The molecule has 0 saturated carbocycles. The molecular formula is C21H21N3O3. The first-order chi connectivity index (χ1) is 13.0. The number of hydrogen-bond donors (Lipinski definition) is 1. The molecule has 2 aromatic rings. The van der Waals surface area contributed by atoms with Gasteiger partial charge in [0.1, 0.15) is 17.7 Å². The van der Waals surface area contributed by atoms with Gasteiger partial charge < -0.3 is 15.0 Å². The van der Waals surface area contributed by atoms with E-state index in [0.29, 0.717) is 24.4 Å². The summed E-state index contributed by atoms with van der Waals surface area (Å²) in [5.74, 6) is -0.740. The molecule has 138 valence electrons. The van der Waals surface area contributed by atoms with E-state index in [4.69, 9.17) is 10.00 Å². The van der Waals surface area contributed by atoms with Crippen LogP contribution in [-0.4, -0.2) is 25.0 Å². The fourth-order valence-electron chi connectivity index (χ4n) is 3.08. The molecule has 3 rings (SSSR count). The molecule has 1 aliphatic heterocycles. The second-order valence-corrected chi connectivity index (χ2v) is 6.56. The largest absolute Gasteiger partial charge is 0.479 e. The van der Waals surface area contributed by atoms with Crippen molar-refractivity contribution in [2.75, 3.05) is 23.4 Å². The lowest BCUT2D eigenvalue weighted by Gasteiger charge is -2.18. The van der Waals surface area contributed by atoms with Crippen LogP contribution in [0.25, 0.3) is 0 Å². The van der Waals surface area contributed by atoms with Crippen molar-refractivity contribution < 1.29 is 14.3 Å². The average Bonchev–Trinajstić information content (AvgIpc) is 3.04. The van der Waals surface area contributed by atoms with Gasteiger partial charge in [-0.05, 0) is 55.7 Å². The van der Waals surface area contributed by atoms with E-state index in [0.717, 1.165) is 16.8 Å². The number of rotatable bonds is 5. The number of aryl methyl sites for hydroxylation is 2. The van der Waals surface area contributed by atoms with E-state index < -0.39 is 5.92 Å². The Labute approximate surface area is 158 Å². The van der Waals surface area contributed by atoms with E-state index in [1.54, 1.807) is 29.2 Å². The number of anilines is 2. The van der Waals surface area contributed by atoms with Gasteiger partial charge in [-0.15, -0.1) is 0 Å². The van der Waals surface area contributed by atoms with Crippen LogP contribution in [0.3, 0.4) is 0 Å². The Bertz CT molecular complexity index is 917. The maximum absolute atomic E-state index is 12.7. The highest BCUT2D eigenvalue weighted by atomic mass is 16.5. The molecule has 1 heterocycles. The number of nitrogens with zero attached hydrogens (tertiary/aromatic N) is 2. The Kier molecular flexibility index (Phi) is 5.41. The Morgan fingerprint density at radius 2 is 2.07 bits per heavy atom. The molecular weight excluding hydrogens is 342 g/mol. The normalized spacial score (nSPS) is 16.1. The summed E-state index contributed by atoms with van der Waals surface area (Å²) in [5.41, 5.74) is 3.64. The number of carbonyl (C=O) groups excluding carboxylic acids is 2. The molecule has 6 heteroatoms. The molecule has 6 nitrogen and oxygen atoms in total. The lowest BCUT2D eigenvalue weighted by atomic mass is 10.1. The molecule has 0 bridgehead atoms. The fourth-order valence-corrected chi connectivity index (χ4v) is 3.08. The minimum Gasteiger partial charge on any atom is -0.479 e. The van der Waals surface area contributed by atoms with Crippen molar-refractivity contribution in [3.05, 3.63) is 53.6 Å². The highest BCUT2D eigenvalue weighted by Gasteiger charge is 2.37. The van der Waals surface area contributed by atoms with Crippen molar-refractivity contribution in [2.24, 2.45) is 5.92 Å². The van der Waals surface area contributed by atoms with Crippen LogP contribution in [0.2, 0.25) is 0 Å². The van der Waals surface area contributed by atoms with Crippen LogP contribution in [0.15, 0.2) is 42.5 Å². The summed E-state index contributed by atoms with van der Waals surface area (Å²) in [4.78, 5) is 27.0. The van der Waals surface area contributed by atoms with E-state index in [-0.39, 0.29) is 18.4 Å². The van der Waals surface area contributed by atoms with Crippen LogP contribution in [0.5, 0.6) is 5.75 Å². The SMILES string of the molecule is Cc1ccc(N2CCC(C(=O)Nc3cccc(OCC#N)c3)C2=O)cc1C. The fraction of sp³-hybridized carbons (Fsp3) is 0.286. The molecule has 0 radical (unpaired) electrons. The Hall–Kier alpha value is -3.33. The van der Waals surface area contributed by atoms with Crippen LogP contribution in [0.4, 0.5) is 11.4 Å². The molecule has 0 aliphatic carbocycles. The third-order valence-electron chi connectivity index (χ3n) is 4.73. The van der Waals surface area contributed by atoms with Crippen molar-refractivity contribution in [2.45, 2.75) is 20.3 Å². The van der Waals surface area contributed by atoms with Gasteiger partial charge >= 0.3 is 0 Å². The molecule has 1 fully saturated rings. The zero-order chi connectivity index (χ0) is 19.4. The number of benzene rings is 2. The molecule has 0 aromatic heterocycles. The smallest absolute Gasteiger partial charge is 0.239 e. The first-order valence-corrected chi connectivity index (χ1v) is 8.79. The number of amides is 2. The second-order valence-electron chi connectivity index (χ2n) is 6.56. The van der Waals surface area contributed by atoms with Gasteiger partial charge in [0.2, 0.25) is 11.8 Å². The van der Waals surface area contributed by atoms with Crippen LogP contribution in [-0.2, 0) is 9.59 Å². The molecule has 2 aromatic carbocycles. The lowest BCUT2D eigenvalue weighted by Crippen LogP contribution is -2.33. The number of hydrogen-bond acceptors (Lipinski definition) is 4. The van der Waals surface area contributed by atoms with Crippen LogP contribution >= 0.6 is 0 Å². The zero-order valence-electron chi connectivity index (χ0n) is 15.4. The van der Waals surface area contributed by atoms with E-state index in [1.807, 2.05) is 38.1 Å². The quantitative estimate of drug-likeness (QED) is 0.827. The molecule has 1 aliphatic rings. The molecule has 1 saturated heterocycles. The van der Waals surface area contributed by atoms with Gasteiger partial charge in [0.25, 0.3) is 0 Å². The second kappa shape index (κ2) is 7.92. The predicted octanol–water partition coefficient (Wildman–Crippen LogP) is 3.20. The summed E-state index contributed by atoms with van der Waals surface area (Å²) < 4.78 is 5.23. The average molecular weight is 363 g/mol. The third-order valence-corrected chi connectivity index (χ3v) is 4.73. The Balaban J connectivity index is 1.68. The summed E-state index contributed by atoms with van der Waals surface area (Å²) in [5, 5.41) is 11.4. The van der Waals surface area contributed by atoms with E-state index >= 15 is 0 Å². The maximum atomic E-state index is 12.7. The summed E-state index contributed by atoms with van der Waals surface area (Å²) in [6, 6.07) is 14.5. The summed E-state index contributed by atoms with van der Waals surface area (Å²) in [6.07, 6.45) is 0.474. The zero-order valence-corrected chi connectivity index (χ0v) is 15.4. The monoisotopic (exact) mass is 363 g/mol. The van der Waals surface area contributed by atoms with E-state index in [9.17, 15) is 9.59 Å². The number of carbonyl (C=O) groups is 2. The minimum atomic E-state index is -0.713. The molecule has 1 N–H and O–H groups in total. The summed E-state index contributed by atoms with van der Waals surface area (Å²) >= 11 is 0. The van der Waals surface area contributed by atoms with E-state index in [2.05, 4.69) is 5.32 Å². The third kappa shape index (κ3) is 4.09. The predicted molar refractivity (Wildman–Crippen MR) is 103 cm³/mol. The highest BCUT2D eigenvalue weighted by molar-refractivity contribution is 6.13. The van der Waals surface area contributed by atoms with Gasteiger partial charge in [0.05, 0.1) is 0 Å². The van der Waals surface area contributed by atoms with Crippen molar-refractivity contribution in [3.8, 4) is 11.8 Å². The Morgan fingerprint density at radius 3 is 2.81 bits per heavy atom. The maximum Gasteiger partial charge on any atom is 0.239 e. The van der Waals surface area contributed by atoms with E-state index in [1.165, 1.54) is 0 Å². The van der Waals surface area contributed by atoms with Crippen molar-refractivity contribution in [1.82, 2.24) is 0 Å². The molecule has 1 atom stereocenters. The van der Waals surface area contributed by atoms with Crippen LogP contribution in [0.1, 0.15) is 17.5 Å². The van der Waals surface area contributed by atoms with Gasteiger partial charge in [0, 0.05) is 24.0 Å². The molecule has 1 unspecified atom stereocenters. The van der Waals surface area contributed by atoms with Gasteiger partial charge in [-0.2, -0.15) is 5.26 Å². The Morgan fingerprint density at radius 1 is 1.26 bits per heavy atom. The molecule has 2 amide bonds. The minimum absolute atomic E-state index is 0.0660. The van der Waals surface area contributed by atoms with Crippen LogP contribution < -0.4 is 15.0 Å². The number of nitriles is 1. The summed E-state index contributed by atoms with van der Waals surface area (Å²) in [7, 11) is 0. The van der Waals surface area contributed by atoms with Gasteiger partial charge in [0.15, 0.2) is 6.61 Å².